The summed E-state index contributed by atoms with van der Waals surface area (Å²) >= 11 is 5.34. The zero-order valence-corrected chi connectivity index (χ0v) is 17.0. The molecular formula is C20H22N4O3S. The topological polar surface area (TPSA) is 73.7 Å². The fourth-order valence-corrected chi connectivity index (χ4v) is 2.81. The number of nitrogens with zero attached hydrogens (tertiary/aromatic N) is 3. The maximum absolute atomic E-state index is 5.77. The van der Waals surface area contributed by atoms with E-state index >= 15 is 0 Å². The molecule has 0 saturated carbocycles. The van der Waals surface area contributed by atoms with Gasteiger partial charge < -0.3 is 14.2 Å². The maximum atomic E-state index is 5.77. The second-order valence-electron chi connectivity index (χ2n) is 6.21. The van der Waals surface area contributed by atoms with Gasteiger partial charge in [0.25, 0.3) is 0 Å². The van der Waals surface area contributed by atoms with Crippen molar-refractivity contribution in [2.24, 2.45) is 5.10 Å². The van der Waals surface area contributed by atoms with E-state index in [0.29, 0.717) is 22.1 Å². The average Bonchev–Trinajstić information content (AvgIpc) is 3.06. The van der Waals surface area contributed by atoms with Gasteiger partial charge in [0.1, 0.15) is 17.2 Å². The van der Waals surface area contributed by atoms with Gasteiger partial charge in [0, 0.05) is 11.1 Å². The first-order valence-corrected chi connectivity index (χ1v) is 9.13. The fraction of sp³-hybridized carbons (Fsp3) is 0.250. The molecule has 0 amide bonds. The predicted octanol–water partition coefficient (Wildman–Crippen LogP) is 4.29. The van der Waals surface area contributed by atoms with Crippen molar-refractivity contribution in [1.82, 2.24) is 14.9 Å². The summed E-state index contributed by atoms with van der Waals surface area (Å²) in [5.41, 5.74) is 1.59. The highest BCUT2D eigenvalue weighted by molar-refractivity contribution is 7.71. The van der Waals surface area contributed by atoms with E-state index in [-0.39, 0.29) is 6.10 Å². The largest absolute Gasteiger partial charge is 0.497 e. The SMILES string of the molecule is COc1ccc(OC)c(/C=N/n2c(-c3cccc(OC(C)C)c3)n[nH]c2=S)c1. The zero-order valence-electron chi connectivity index (χ0n) is 16.2. The smallest absolute Gasteiger partial charge is 0.216 e. The molecule has 7 nitrogen and oxygen atoms in total. The van der Waals surface area contributed by atoms with E-state index in [9.17, 15) is 0 Å². The Kier molecular flexibility index (Phi) is 6.10. The molecule has 0 fully saturated rings. The highest BCUT2D eigenvalue weighted by Crippen LogP contribution is 2.25. The van der Waals surface area contributed by atoms with Crippen LogP contribution >= 0.6 is 12.2 Å². The van der Waals surface area contributed by atoms with Crippen molar-refractivity contribution in [3.63, 3.8) is 0 Å². The molecule has 3 rings (SSSR count). The van der Waals surface area contributed by atoms with E-state index < -0.39 is 0 Å². The Morgan fingerprint density at radius 2 is 1.93 bits per heavy atom. The maximum Gasteiger partial charge on any atom is 0.216 e. The number of hydrogen-bond acceptors (Lipinski definition) is 6. The lowest BCUT2D eigenvalue weighted by molar-refractivity contribution is 0.242. The number of hydrogen-bond donors (Lipinski definition) is 1. The van der Waals surface area contributed by atoms with E-state index in [1.165, 1.54) is 0 Å². The van der Waals surface area contributed by atoms with Crippen LogP contribution in [-0.4, -0.2) is 41.4 Å². The molecule has 0 radical (unpaired) electrons. The Labute approximate surface area is 168 Å². The molecule has 0 bridgehead atoms. The van der Waals surface area contributed by atoms with Crippen LogP contribution in [0.2, 0.25) is 0 Å². The first kappa shape index (κ1) is 19.6. The molecule has 3 aromatic rings. The van der Waals surface area contributed by atoms with Crippen molar-refractivity contribution in [2.75, 3.05) is 14.2 Å². The number of ether oxygens (including phenoxy) is 3. The Hall–Kier alpha value is -3.13. The van der Waals surface area contributed by atoms with Crippen molar-refractivity contribution in [3.05, 3.63) is 52.8 Å². The van der Waals surface area contributed by atoms with Crippen LogP contribution in [0, 0.1) is 4.77 Å². The van der Waals surface area contributed by atoms with Gasteiger partial charge in [-0.25, -0.2) is 5.10 Å². The van der Waals surface area contributed by atoms with Crippen molar-refractivity contribution in [2.45, 2.75) is 20.0 Å². The van der Waals surface area contributed by atoms with Gasteiger partial charge in [-0.3, -0.25) is 0 Å². The van der Waals surface area contributed by atoms with Crippen LogP contribution in [0.5, 0.6) is 17.2 Å². The molecule has 0 spiro atoms. The van der Waals surface area contributed by atoms with Gasteiger partial charge in [-0.2, -0.15) is 14.9 Å². The Balaban J connectivity index is 1.99. The molecule has 0 aliphatic rings. The highest BCUT2D eigenvalue weighted by Gasteiger charge is 2.10. The third-order valence-electron chi connectivity index (χ3n) is 3.86. The molecule has 1 heterocycles. The number of H-pyrrole nitrogens is 1. The molecule has 0 aliphatic heterocycles. The molecule has 28 heavy (non-hydrogen) atoms. The summed E-state index contributed by atoms with van der Waals surface area (Å²) in [6.07, 6.45) is 1.74. The molecule has 1 N–H and O–H groups in total. The summed E-state index contributed by atoms with van der Waals surface area (Å²) in [4.78, 5) is 0. The number of nitrogens with one attached hydrogen (secondary N) is 1. The third-order valence-corrected chi connectivity index (χ3v) is 4.13. The van der Waals surface area contributed by atoms with Crippen LogP contribution in [0.1, 0.15) is 19.4 Å². The van der Waals surface area contributed by atoms with Gasteiger partial charge in [-0.15, -0.1) is 0 Å². The molecule has 146 valence electrons. The first-order chi connectivity index (χ1) is 13.5. The van der Waals surface area contributed by atoms with Crippen molar-refractivity contribution in [1.29, 1.82) is 0 Å². The quantitative estimate of drug-likeness (QED) is 0.475. The van der Waals surface area contributed by atoms with Gasteiger partial charge in [0.15, 0.2) is 5.82 Å². The molecule has 1 aromatic heterocycles. The fourth-order valence-electron chi connectivity index (χ4n) is 2.63. The minimum absolute atomic E-state index is 0.0783. The second kappa shape index (κ2) is 8.71. The molecule has 0 unspecified atom stereocenters. The van der Waals surface area contributed by atoms with E-state index in [0.717, 1.165) is 16.9 Å². The Morgan fingerprint density at radius 3 is 2.64 bits per heavy atom. The van der Waals surface area contributed by atoms with Gasteiger partial charge in [0.05, 0.1) is 26.5 Å². The second-order valence-corrected chi connectivity index (χ2v) is 6.60. The minimum Gasteiger partial charge on any atom is -0.497 e. The summed E-state index contributed by atoms with van der Waals surface area (Å²) < 4.78 is 18.4. The summed E-state index contributed by atoms with van der Waals surface area (Å²) in [6, 6.07) is 13.1. The van der Waals surface area contributed by atoms with Crippen LogP contribution in [0.3, 0.4) is 0 Å². The number of rotatable bonds is 7. The molecule has 8 heteroatoms. The van der Waals surface area contributed by atoms with Gasteiger partial charge in [0.2, 0.25) is 4.77 Å². The van der Waals surface area contributed by atoms with Crippen LogP contribution in [0.4, 0.5) is 0 Å². The van der Waals surface area contributed by atoms with Crippen molar-refractivity contribution >= 4 is 18.4 Å². The molecule has 0 aliphatic carbocycles. The van der Waals surface area contributed by atoms with Crippen LogP contribution < -0.4 is 14.2 Å². The lowest BCUT2D eigenvalue weighted by Crippen LogP contribution is -2.05. The van der Waals surface area contributed by atoms with Crippen LogP contribution in [0.25, 0.3) is 11.4 Å². The number of aromatic nitrogens is 3. The Bertz CT molecular complexity index is 1040. The summed E-state index contributed by atoms with van der Waals surface area (Å²) in [6.45, 7) is 3.96. The number of aromatic amines is 1. The van der Waals surface area contributed by atoms with Gasteiger partial charge in [-0.05, 0) is 56.4 Å². The first-order valence-electron chi connectivity index (χ1n) is 8.72. The van der Waals surface area contributed by atoms with E-state index in [4.69, 9.17) is 26.4 Å². The highest BCUT2D eigenvalue weighted by atomic mass is 32.1. The summed E-state index contributed by atoms with van der Waals surface area (Å²) in [5, 5.41) is 11.6. The normalized spacial score (nSPS) is 11.2. The number of benzene rings is 2. The van der Waals surface area contributed by atoms with Crippen molar-refractivity contribution in [3.8, 4) is 28.6 Å². The predicted molar refractivity (Wildman–Crippen MR) is 111 cm³/mol. The zero-order chi connectivity index (χ0) is 20.1. The molecule has 0 saturated heterocycles. The van der Waals surface area contributed by atoms with Crippen molar-refractivity contribution < 1.29 is 14.2 Å². The standard InChI is InChI=1S/C20H22N4O3S/c1-13(2)27-17-7-5-6-14(10-17)19-22-23-20(28)24(19)21-12-15-11-16(25-3)8-9-18(15)26-4/h5-13H,1-4H3,(H,23,28)/b21-12+. The third kappa shape index (κ3) is 4.40. The molecular weight excluding hydrogens is 376 g/mol. The van der Waals surface area contributed by atoms with E-state index in [1.54, 1.807) is 25.1 Å². The van der Waals surface area contributed by atoms with Crippen LogP contribution in [-0.2, 0) is 0 Å². The van der Waals surface area contributed by atoms with E-state index in [1.807, 2.05) is 56.3 Å². The van der Waals surface area contributed by atoms with Gasteiger partial charge in [-0.1, -0.05) is 12.1 Å². The summed E-state index contributed by atoms with van der Waals surface area (Å²) in [7, 11) is 3.22. The van der Waals surface area contributed by atoms with Crippen LogP contribution in [0.15, 0.2) is 47.6 Å². The van der Waals surface area contributed by atoms with Gasteiger partial charge >= 0.3 is 0 Å². The Morgan fingerprint density at radius 1 is 1.11 bits per heavy atom. The molecule has 2 aromatic carbocycles. The molecule has 0 atom stereocenters. The average molecular weight is 398 g/mol. The van der Waals surface area contributed by atoms with E-state index in [2.05, 4.69) is 15.3 Å². The lowest BCUT2D eigenvalue weighted by Gasteiger charge is -2.10. The summed E-state index contributed by atoms with van der Waals surface area (Å²) in [5.74, 6) is 2.72. The number of methoxy groups -OCH3 is 2. The lowest BCUT2D eigenvalue weighted by atomic mass is 10.2. The minimum atomic E-state index is 0.0783. The monoisotopic (exact) mass is 398 g/mol.